The first-order chi connectivity index (χ1) is 18.5. The summed E-state index contributed by atoms with van der Waals surface area (Å²) in [5.74, 6) is -2.32. The third-order valence-electron chi connectivity index (χ3n) is 8.07. The predicted molar refractivity (Wildman–Crippen MR) is 144 cm³/mol. The summed E-state index contributed by atoms with van der Waals surface area (Å²) in [6, 6.07) is 9.43. The van der Waals surface area contributed by atoms with Crippen LogP contribution in [0.25, 0.3) is 0 Å². The summed E-state index contributed by atoms with van der Waals surface area (Å²) in [6.45, 7) is 11.0. The Labute approximate surface area is 228 Å². The van der Waals surface area contributed by atoms with Crippen LogP contribution in [-0.4, -0.2) is 76.1 Å². The van der Waals surface area contributed by atoms with Crippen molar-refractivity contribution < 1.29 is 23.6 Å². The molecule has 8 nitrogen and oxygen atoms in total. The van der Waals surface area contributed by atoms with Crippen molar-refractivity contribution in [3.8, 4) is 0 Å². The molecule has 1 unspecified atom stereocenters. The molecule has 0 aliphatic carbocycles. The van der Waals surface area contributed by atoms with Crippen LogP contribution in [0.3, 0.4) is 0 Å². The van der Waals surface area contributed by atoms with E-state index in [2.05, 4.69) is 35.9 Å². The molecule has 0 saturated carbocycles. The lowest BCUT2D eigenvalue weighted by atomic mass is 9.96. The summed E-state index contributed by atoms with van der Waals surface area (Å²) < 4.78 is 15.0. The maximum atomic E-state index is 15.0. The van der Waals surface area contributed by atoms with Crippen molar-refractivity contribution in [3.05, 3.63) is 70.0 Å². The largest absolute Gasteiger partial charge is 0.296 e. The van der Waals surface area contributed by atoms with Gasteiger partial charge in [-0.25, -0.2) is 4.39 Å². The molecule has 2 saturated heterocycles. The number of amides is 4. The van der Waals surface area contributed by atoms with Crippen molar-refractivity contribution in [2.24, 2.45) is 0 Å². The first kappa shape index (κ1) is 27.1. The number of fused-ring (bicyclic) bond motifs is 1. The second-order valence-corrected chi connectivity index (χ2v) is 11.6. The topological polar surface area (TPSA) is 90.0 Å². The van der Waals surface area contributed by atoms with E-state index in [0.29, 0.717) is 36.1 Å². The lowest BCUT2D eigenvalue weighted by Crippen LogP contribution is -2.54. The Balaban J connectivity index is 1.24. The number of nitrogens with one attached hydrogen (secondary N) is 1. The number of nitrogens with zero attached hydrogens (tertiary/aromatic N) is 3. The molecular formula is C30H35FN4O4. The summed E-state index contributed by atoms with van der Waals surface area (Å²) in [5, 5.41) is 2.21. The smallest absolute Gasteiger partial charge is 0.262 e. The summed E-state index contributed by atoms with van der Waals surface area (Å²) in [7, 11) is 0. The third-order valence-corrected chi connectivity index (χ3v) is 8.07. The van der Waals surface area contributed by atoms with Crippen LogP contribution in [0.1, 0.15) is 71.0 Å². The Morgan fingerprint density at radius 1 is 0.923 bits per heavy atom. The third kappa shape index (κ3) is 5.51. The fraction of sp³-hybridized carbons (Fsp3) is 0.467. The minimum atomic E-state index is -0.999. The maximum absolute atomic E-state index is 15.0. The number of imide groups is 2. The highest BCUT2D eigenvalue weighted by Crippen LogP contribution is 2.30. The average molecular weight is 535 g/mol. The van der Waals surface area contributed by atoms with E-state index in [-0.39, 0.29) is 29.8 Å². The van der Waals surface area contributed by atoms with Gasteiger partial charge in [-0.15, -0.1) is 0 Å². The van der Waals surface area contributed by atoms with Crippen LogP contribution < -0.4 is 5.32 Å². The van der Waals surface area contributed by atoms with Gasteiger partial charge in [0.05, 0.1) is 11.1 Å². The molecule has 0 radical (unpaired) electrons. The highest BCUT2D eigenvalue weighted by atomic mass is 19.1. The van der Waals surface area contributed by atoms with E-state index in [1.807, 2.05) is 12.1 Å². The SMILES string of the molecule is CC(C)(C)N1CCN(Cc2ccc(CCc3cccc4c3C(=O)N(C3CCC(=O)NC3=O)C4=O)cc2F)CC1. The molecule has 3 aliphatic heterocycles. The first-order valence-corrected chi connectivity index (χ1v) is 13.6. The minimum absolute atomic E-state index is 0.0748. The molecule has 9 heteroatoms. The lowest BCUT2D eigenvalue weighted by molar-refractivity contribution is -0.136. The average Bonchev–Trinajstić information content (AvgIpc) is 3.14. The number of hydrogen-bond donors (Lipinski definition) is 1. The van der Waals surface area contributed by atoms with Crippen molar-refractivity contribution in [3.63, 3.8) is 0 Å². The van der Waals surface area contributed by atoms with Gasteiger partial charge in [-0.3, -0.25) is 39.2 Å². The van der Waals surface area contributed by atoms with Crippen LogP contribution in [0, 0.1) is 5.82 Å². The summed E-state index contributed by atoms with van der Waals surface area (Å²) in [5.41, 5.74) is 2.85. The van der Waals surface area contributed by atoms with Crippen LogP contribution in [0.4, 0.5) is 4.39 Å². The summed E-state index contributed by atoms with van der Waals surface area (Å²) in [4.78, 5) is 55.9. The van der Waals surface area contributed by atoms with Gasteiger partial charge < -0.3 is 0 Å². The molecule has 0 aromatic heterocycles. The molecule has 0 spiro atoms. The van der Waals surface area contributed by atoms with Crippen molar-refractivity contribution >= 4 is 23.6 Å². The van der Waals surface area contributed by atoms with Gasteiger partial charge in [0.2, 0.25) is 11.8 Å². The molecule has 2 aromatic carbocycles. The van der Waals surface area contributed by atoms with Crippen molar-refractivity contribution in [2.45, 2.75) is 64.6 Å². The number of halogens is 1. The molecule has 39 heavy (non-hydrogen) atoms. The quantitative estimate of drug-likeness (QED) is 0.574. The monoisotopic (exact) mass is 534 g/mol. The second-order valence-electron chi connectivity index (χ2n) is 11.6. The number of piperidine rings is 1. The van der Waals surface area contributed by atoms with Gasteiger partial charge in [-0.1, -0.05) is 24.3 Å². The van der Waals surface area contributed by atoms with E-state index in [0.717, 1.165) is 36.6 Å². The van der Waals surface area contributed by atoms with E-state index in [9.17, 15) is 19.2 Å². The predicted octanol–water partition coefficient (Wildman–Crippen LogP) is 2.93. The molecule has 206 valence electrons. The van der Waals surface area contributed by atoms with Crippen molar-refractivity contribution in [1.82, 2.24) is 20.0 Å². The van der Waals surface area contributed by atoms with Gasteiger partial charge in [0.25, 0.3) is 11.8 Å². The number of carbonyl (C=O) groups excluding carboxylic acids is 4. The highest BCUT2D eigenvalue weighted by molar-refractivity contribution is 6.24. The van der Waals surface area contributed by atoms with Crippen molar-refractivity contribution in [1.29, 1.82) is 0 Å². The van der Waals surface area contributed by atoms with E-state index < -0.39 is 29.7 Å². The Kier molecular flexibility index (Phi) is 7.39. The van der Waals surface area contributed by atoms with Gasteiger partial charge in [0.15, 0.2) is 0 Å². The van der Waals surface area contributed by atoms with Crippen LogP contribution in [0.15, 0.2) is 36.4 Å². The zero-order valence-electron chi connectivity index (χ0n) is 22.8. The van der Waals surface area contributed by atoms with Gasteiger partial charge in [0, 0.05) is 50.2 Å². The van der Waals surface area contributed by atoms with Gasteiger partial charge >= 0.3 is 0 Å². The number of hydrogen-bond acceptors (Lipinski definition) is 6. The summed E-state index contributed by atoms with van der Waals surface area (Å²) in [6.07, 6.45) is 1.13. The second kappa shape index (κ2) is 10.6. The van der Waals surface area contributed by atoms with E-state index in [1.54, 1.807) is 24.3 Å². The van der Waals surface area contributed by atoms with Crippen LogP contribution in [0.5, 0.6) is 0 Å². The van der Waals surface area contributed by atoms with Crippen molar-refractivity contribution in [2.75, 3.05) is 26.2 Å². The Hall–Kier alpha value is -3.43. The number of aryl methyl sites for hydroxylation is 2. The number of benzene rings is 2. The normalized spacial score (nSPS) is 20.9. The molecule has 1 atom stereocenters. The molecule has 3 heterocycles. The molecule has 5 rings (SSSR count). The first-order valence-electron chi connectivity index (χ1n) is 13.6. The molecule has 3 aliphatic rings. The van der Waals surface area contributed by atoms with E-state index >= 15 is 4.39 Å². The number of carbonyl (C=O) groups is 4. The van der Waals surface area contributed by atoms with Crippen LogP contribution in [0.2, 0.25) is 0 Å². The van der Waals surface area contributed by atoms with Gasteiger partial charge in [0.1, 0.15) is 11.9 Å². The Bertz CT molecular complexity index is 1330. The summed E-state index contributed by atoms with van der Waals surface area (Å²) >= 11 is 0. The number of piperazine rings is 1. The van der Waals surface area contributed by atoms with Gasteiger partial charge in [-0.2, -0.15) is 0 Å². The molecule has 2 aromatic rings. The van der Waals surface area contributed by atoms with Crippen LogP contribution >= 0.6 is 0 Å². The number of rotatable bonds is 6. The minimum Gasteiger partial charge on any atom is -0.296 e. The van der Waals surface area contributed by atoms with Crippen LogP contribution in [-0.2, 0) is 29.0 Å². The van der Waals surface area contributed by atoms with E-state index in [1.165, 1.54) is 0 Å². The maximum Gasteiger partial charge on any atom is 0.262 e. The Morgan fingerprint density at radius 3 is 2.33 bits per heavy atom. The fourth-order valence-electron chi connectivity index (χ4n) is 5.76. The highest BCUT2D eigenvalue weighted by Gasteiger charge is 2.45. The zero-order chi connectivity index (χ0) is 27.9. The van der Waals surface area contributed by atoms with E-state index in [4.69, 9.17) is 0 Å². The fourth-order valence-corrected chi connectivity index (χ4v) is 5.76. The molecule has 2 fully saturated rings. The molecule has 4 amide bonds. The lowest BCUT2D eigenvalue weighted by Gasteiger charge is -2.42. The Morgan fingerprint density at radius 2 is 1.67 bits per heavy atom. The standard InChI is InChI=1S/C30H35FN4O4/c1-30(2,3)34-15-13-33(14-16-34)18-21-10-8-19(17-23(21)31)7-9-20-5-4-6-22-26(20)29(39)35(28(22)38)24-11-12-25(36)32-27(24)37/h4-6,8,10,17,24H,7,9,11-16,18H2,1-3H3,(H,32,36,37). The van der Waals surface area contributed by atoms with Gasteiger partial charge in [-0.05, 0) is 63.3 Å². The molecule has 1 N–H and O–H groups in total. The molecular weight excluding hydrogens is 499 g/mol. The molecule has 0 bridgehead atoms. The zero-order valence-corrected chi connectivity index (χ0v) is 22.8.